The van der Waals surface area contributed by atoms with Crippen LogP contribution in [0.3, 0.4) is 0 Å². The average Bonchev–Trinajstić information content (AvgIpc) is 3.39. The fourth-order valence-electron chi connectivity index (χ4n) is 4.23. The molecule has 0 radical (unpaired) electrons. The van der Waals surface area contributed by atoms with E-state index in [2.05, 4.69) is 23.2 Å². The Morgan fingerprint density at radius 2 is 1.61 bits per heavy atom. The summed E-state index contributed by atoms with van der Waals surface area (Å²) in [4.78, 5) is 9.52. The van der Waals surface area contributed by atoms with Crippen molar-refractivity contribution in [2.75, 3.05) is 0 Å². The SMILES string of the molecule is NC1=NCc2cc(C3CCCC3)nc(-c3ccc(Oc4ccccc4)cc3)c21. The third-order valence-electron chi connectivity index (χ3n) is 5.68. The number of fused-ring (bicyclic) bond motifs is 1. The van der Waals surface area contributed by atoms with Gasteiger partial charge in [-0.2, -0.15) is 0 Å². The molecule has 0 spiro atoms. The van der Waals surface area contributed by atoms with Crippen LogP contribution in [0.1, 0.15) is 48.4 Å². The lowest BCUT2D eigenvalue weighted by molar-refractivity contribution is 0.483. The molecule has 1 aliphatic heterocycles. The number of nitrogens with zero attached hydrogens (tertiary/aromatic N) is 2. The molecule has 2 heterocycles. The molecule has 2 aromatic carbocycles. The molecule has 0 unspecified atom stereocenters. The number of amidine groups is 1. The van der Waals surface area contributed by atoms with Crippen LogP contribution in [-0.2, 0) is 6.54 Å². The molecule has 140 valence electrons. The lowest BCUT2D eigenvalue weighted by Gasteiger charge is -2.15. The highest BCUT2D eigenvalue weighted by Gasteiger charge is 2.25. The molecule has 0 atom stereocenters. The highest BCUT2D eigenvalue weighted by Crippen LogP contribution is 2.37. The average molecular weight is 369 g/mol. The zero-order valence-electron chi connectivity index (χ0n) is 15.8. The van der Waals surface area contributed by atoms with E-state index in [0.717, 1.165) is 28.3 Å². The maximum atomic E-state index is 6.21. The third kappa shape index (κ3) is 3.15. The van der Waals surface area contributed by atoms with Crippen molar-refractivity contribution in [3.63, 3.8) is 0 Å². The van der Waals surface area contributed by atoms with E-state index in [9.17, 15) is 0 Å². The summed E-state index contributed by atoms with van der Waals surface area (Å²) in [6.45, 7) is 0.658. The van der Waals surface area contributed by atoms with Gasteiger partial charge in [-0.05, 0) is 60.9 Å². The number of nitrogens with two attached hydrogens (primary N) is 1. The van der Waals surface area contributed by atoms with Crippen molar-refractivity contribution in [2.45, 2.75) is 38.1 Å². The van der Waals surface area contributed by atoms with Gasteiger partial charge in [0.1, 0.15) is 17.3 Å². The summed E-state index contributed by atoms with van der Waals surface area (Å²) >= 11 is 0. The Hall–Kier alpha value is -3.14. The minimum absolute atomic E-state index is 0.562. The van der Waals surface area contributed by atoms with Crippen LogP contribution in [0.15, 0.2) is 65.7 Å². The smallest absolute Gasteiger partial charge is 0.128 e. The van der Waals surface area contributed by atoms with Gasteiger partial charge >= 0.3 is 0 Å². The molecule has 2 N–H and O–H groups in total. The standard InChI is InChI=1S/C24H23N3O/c25-24-22-18(15-26-24)14-21(16-6-4-5-7-16)27-23(22)17-10-12-20(13-11-17)28-19-8-2-1-3-9-19/h1-3,8-14,16H,4-7,15H2,(H2,25,26). The van der Waals surface area contributed by atoms with Crippen LogP contribution in [0.5, 0.6) is 11.5 Å². The fourth-order valence-corrected chi connectivity index (χ4v) is 4.23. The summed E-state index contributed by atoms with van der Waals surface area (Å²) < 4.78 is 5.92. The van der Waals surface area contributed by atoms with E-state index in [0.29, 0.717) is 18.3 Å². The Morgan fingerprint density at radius 1 is 0.893 bits per heavy atom. The van der Waals surface area contributed by atoms with E-state index in [1.54, 1.807) is 0 Å². The Balaban J connectivity index is 1.50. The van der Waals surface area contributed by atoms with Gasteiger partial charge in [-0.25, -0.2) is 0 Å². The van der Waals surface area contributed by atoms with Crippen LogP contribution in [-0.4, -0.2) is 10.8 Å². The monoisotopic (exact) mass is 369 g/mol. The number of aromatic nitrogens is 1. The van der Waals surface area contributed by atoms with Crippen molar-refractivity contribution >= 4 is 5.84 Å². The van der Waals surface area contributed by atoms with Crippen LogP contribution >= 0.6 is 0 Å². The minimum atomic E-state index is 0.562. The van der Waals surface area contributed by atoms with Gasteiger partial charge in [-0.15, -0.1) is 0 Å². The number of para-hydroxylation sites is 1. The summed E-state index contributed by atoms with van der Waals surface area (Å²) in [6.07, 6.45) is 5.04. The molecule has 1 aliphatic carbocycles. The van der Waals surface area contributed by atoms with Crippen LogP contribution in [0.4, 0.5) is 0 Å². The molecule has 4 nitrogen and oxygen atoms in total. The first-order valence-electron chi connectivity index (χ1n) is 9.95. The van der Waals surface area contributed by atoms with E-state index >= 15 is 0 Å². The second-order valence-corrected chi connectivity index (χ2v) is 7.55. The number of rotatable bonds is 4. The highest BCUT2D eigenvalue weighted by molar-refractivity contribution is 6.05. The normalized spacial score (nSPS) is 16.1. The van der Waals surface area contributed by atoms with Crippen LogP contribution in [0.2, 0.25) is 0 Å². The van der Waals surface area contributed by atoms with Crippen molar-refractivity contribution in [1.82, 2.24) is 4.98 Å². The number of ether oxygens (including phenoxy) is 1. The maximum absolute atomic E-state index is 6.21. The number of hydrogen-bond donors (Lipinski definition) is 1. The van der Waals surface area contributed by atoms with Crippen molar-refractivity contribution in [1.29, 1.82) is 0 Å². The second kappa shape index (κ2) is 7.12. The Labute approximate surface area is 165 Å². The first-order valence-corrected chi connectivity index (χ1v) is 9.95. The third-order valence-corrected chi connectivity index (χ3v) is 5.68. The summed E-state index contributed by atoms with van der Waals surface area (Å²) in [6, 6.07) is 20.1. The first-order chi connectivity index (χ1) is 13.8. The van der Waals surface area contributed by atoms with E-state index in [-0.39, 0.29) is 0 Å². The molecule has 0 amide bonds. The number of aliphatic imine (C=N–C) groups is 1. The van der Waals surface area contributed by atoms with Gasteiger partial charge in [-0.1, -0.05) is 31.0 Å². The molecule has 1 fully saturated rings. The molecule has 0 bridgehead atoms. The number of pyridine rings is 1. The molecule has 1 aromatic heterocycles. The van der Waals surface area contributed by atoms with Crippen LogP contribution in [0.25, 0.3) is 11.3 Å². The van der Waals surface area contributed by atoms with Gasteiger partial charge in [0, 0.05) is 22.7 Å². The lowest BCUT2D eigenvalue weighted by atomic mass is 9.96. The van der Waals surface area contributed by atoms with Crippen LogP contribution in [0, 0.1) is 0 Å². The largest absolute Gasteiger partial charge is 0.457 e. The molecule has 1 saturated carbocycles. The van der Waals surface area contributed by atoms with E-state index in [4.69, 9.17) is 15.5 Å². The Kier molecular flexibility index (Phi) is 4.32. The van der Waals surface area contributed by atoms with Crippen molar-refractivity contribution in [3.8, 4) is 22.8 Å². The summed E-state index contributed by atoms with van der Waals surface area (Å²) in [5.41, 5.74) is 11.6. The summed E-state index contributed by atoms with van der Waals surface area (Å²) in [5.74, 6) is 2.79. The van der Waals surface area contributed by atoms with Crippen molar-refractivity contribution < 1.29 is 4.74 Å². The van der Waals surface area contributed by atoms with E-state index in [1.165, 1.54) is 36.9 Å². The maximum Gasteiger partial charge on any atom is 0.128 e. The number of benzene rings is 2. The van der Waals surface area contributed by atoms with Gasteiger partial charge in [0.15, 0.2) is 0 Å². The molecule has 3 aromatic rings. The fraction of sp³-hybridized carbons (Fsp3) is 0.250. The molecule has 2 aliphatic rings. The Morgan fingerprint density at radius 3 is 2.36 bits per heavy atom. The van der Waals surface area contributed by atoms with Gasteiger partial charge in [0.25, 0.3) is 0 Å². The second-order valence-electron chi connectivity index (χ2n) is 7.55. The van der Waals surface area contributed by atoms with Gasteiger partial charge in [-0.3, -0.25) is 9.98 Å². The quantitative estimate of drug-likeness (QED) is 0.668. The zero-order chi connectivity index (χ0) is 18.9. The van der Waals surface area contributed by atoms with Gasteiger partial charge in [0.2, 0.25) is 0 Å². The molecule has 28 heavy (non-hydrogen) atoms. The van der Waals surface area contributed by atoms with Crippen molar-refractivity contribution in [3.05, 3.63) is 77.5 Å². The number of hydrogen-bond acceptors (Lipinski definition) is 4. The molecular weight excluding hydrogens is 346 g/mol. The summed E-state index contributed by atoms with van der Waals surface area (Å²) in [7, 11) is 0. The summed E-state index contributed by atoms with van der Waals surface area (Å²) in [5, 5.41) is 0. The zero-order valence-corrected chi connectivity index (χ0v) is 15.8. The first kappa shape index (κ1) is 17.0. The highest BCUT2D eigenvalue weighted by atomic mass is 16.5. The molecular formula is C24H23N3O. The Bertz CT molecular complexity index is 1020. The molecule has 4 heteroatoms. The van der Waals surface area contributed by atoms with Crippen molar-refractivity contribution in [2.24, 2.45) is 10.7 Å². The van der Waals surface area contributed by atoms with Crippen LogP contribution < -0.4 is 10.5 Å². The topological polar surface area (TPSA) is 60.5 Å². The van der Waals surface area contributed by atoms with Gasteiger partial charge < -0.3 is 10.5 Å². The predicted octanol–water partition coefficient (Wildman–Crippen LogP) is 5.42. The lowest BCUT2D eigenvalue weighted by Crippen LogP contribution is -2.14. The predicted molar refractivity (Wildman–Crippen MR) is 112 cm³/mol. The van der Waals surface area contributed by atoms with E-state index in [1.807, 2.05) is 42.5 Å². The minimum Gasteiger partial charge on any atom is -0.457 e. The molecule has 0 saturated heterocycles. The van der Waals surface area contributed by atoms with Gasteiger partial charge in [0.05, 0.1) is 12.2 Å². The van der Waals surface area contributed by atoms with E-state index < -0.39 is 0 Å². The molecule has 5 rings (SSSR count).